The van der Waals surface area contributed by atoms with Crippen LogP contribution in [-0.4, -0.2) is 111 Å². The first-order valence-corrected chi connectivity index (χ1v) is 13.7. The fourth-order valence-corrected chi connectivity index (χ4v) is 4.75. The molecule has 1 aromatic heterocycles. The SMILES string of the molecule is CC(C)(O/N=C(\C(=O)NC1C(=O)N(S(=O)(=O)O)C1COC(N)=O)c1csc(N)n1)C(=O)OCc1ccc([N+](=O)[O-])cc1.[NaH]. The average Bonchev–Trinajstić information content (AvgIpc) is 3.32. The van der Waals surface area contributed by atoms with Crippen LogP contribution in [0.5, 0.6) is 0 Å². The summed E-state index contributed by atoms with van der Waals surface area (Å²) in [5.74, 6) is -3.35. The summed E-state index contributed by atoms with van der Waals surface area (Å²) in [5.41, 5.74) is 8.25. The van der Waals surface area contributed by atoms with E-state index >= 15 is 0 Å². The topological polar surface area (TPSA) is 286 Å². The number of amides is 3. The van der Waals surface area contributed by atoms with Crippen molar-refractivity contribution in [2.24, 2.45) is 10.9 Å². The van der Waals surface area contributed by atoms with Gasteiger partial charge < -0.3 is 31.1 Å². The van der Waals surface area contributed by atoms with Gasteiger partial charge in [-0.2, -0.15) is 8.42 Å². The first-order valence-electron chi connectivity index (χ1n) is 11.4. The number of β-lactam (4-membered cyclic amide) rings is 1. The number of carbonyl (C=O) groups excluding carboxylic acids is 4. The summed E-state index contributed by atoms with van der Waals surface area (Å²) in [4.78, 5) is 68.6. The fourth-order valence-electron chi connectivity index (χ4n) is 3.34. The number of anilines is 1. The molecule has 3 amide bonds. The van der Waals surface area contributed by atoms with Crippen LogP contribution in [0.4, 0.5) is 15.6 Å². The van der Waals surface area contributed by atoms with Crippen molar-refractivity contribution in [2.75, 3.05) is 12.3 Å². The number of hydrogen-bond donors (Lipinski definition) is 4. The second kappa shape index (κ2) is 14.1. The second-order valence-corrected chi connectivity index (χ2v) is 11.1. The van der Waals surface area contributed by atoms with Crippen LogP contribution in [0.25, 0.3) is 0 Å². The predicted molar refractivity (Wildman–Crippen MR) is 148 cm³/mol. The van der Waals surface area contributed by atoms with Crippen molar-refractivity contribution in [2.45, 2.75) is 38.1 Å². The second-order valence-electron chi connectivity index (χ2n) is 8.87. The van der Waals surface area contributed by atoms with Crippen molar-refractivity contribution in [1.29, 1.82) is 0 Å². The number of aromatic nitrogens is 1. The van der Waals surface area contributed by atoms with Crippen molar-refractivity contribution in [3.05, 3.63) is 51.0 Å². The molecular weight excluding hydrogens is 629 g/mol. The number of benzene rings is 1. The Hall–Kier alpha value is -3.89. The fraction of sp³-hybridized carbons (Fsp3) is 0.333. The summed E-state index contributed by atoms with van der Waals surface area (Å²) in [6, 6.07) is 2.05. The van der Waals surface area contributed by atoms with Gasteiger partial charge in [0.25, 0.3) is 17.5 Å². The van der Waals surface area contributed by atoms with Crippen LogP contribution in [0.2, 0.25) is 0 Å². The first-order chi connectivity index (χ1) is 19.5. The zero-order valence-corrected chi connectivity index (χ0v) is 23.3. The Kier molecular flexibility index (Phi) is 11.5. The van der Waals surface area contributed by atoms with E-state index in [0.29, 0.717) is 5.56 Å². The van der Waals surface area contributed by atoms with Gasteiger partial charge in [0.05, 0.1) is 4.92 Å². The van der Waals surface area contributed by atoms with E-state index < -0.39 is 69.1 Å². The number of rotatable bonds is 12. The standard InChI is InChI=1S/C21H23N7O12S2.Na.H/c1-21(2,18(31)38-7-10-3-5-11(6-4-10)28(33)34)40-26-14(12-9-41-19(22)24-12)16(29)25-15-13(8-39-20(23)32)27(17(15)30)42(35,36)37;;/h3-6,9,13,15H,7-8H2,1-2H3,(H2,22,24)(H2,23,32)(H,25,29)(H,35,36,37);;/b26-14-;;. The molecule has 22 heteroatoms. The number of carbonyl (C=O) groups is 4. The minimum absolute atomic E-state index is 0. The summed E-state index contributed by atoms with van der Waals surface area (Å²) in [7, 11) is -5.08. The number of ether oxygens (including phenoxy) is 2. The van der Waals surface area contributed by atoms with Crippen LogP contribution in [0, 0.1) is 10.1 Å². The summed E-state index contributed by atoms with van der Waals surface area (Å²) in [5, 5.41) is 18.0. The van der Waals surface area contributed by atoms with Gasteiger partial charge in [0.15, 0.2) is 10.8 Å². The molecule has 6 N–H and O–H groups in total. The van der Waals surface area contributed by atoms with E-state index in [-0.39, 0.29) is 57.0 Å². The van der Waals surface area contributed by atoms with Crippen LogP contribution in [0.3, 0.4) is 0 Å². The summed E-state index contributed by atoms with van der Waals surface area (Å²) < 4.78 is 42.2. The molecule has 0 aliphatic carbocycles. The number of esters is 1. The summed E-state index contributed by atoms with van der Waals surface area (Å²) in [6.45, 7) is 1.45. The molecular formula is C21H24N7NaO12S2. The van der Waals surface area contributed by atoms with Crippen molar-refractivity contribution in [1.82, 2.24) is 14.6 Å². The Balaban J connectivity index is 0.00000645. The third-order valence-corrected chi connectivity index (χ3v) is 7.08. The number of thiazole rings is 1. The van der Waals surface area contributed by atoms with E-state index in [4.69, 9.17) is 21.0 Å². The van der Waals surface area contributed by atoms with Gasteiger partial charge in [0, 0.05) is 17.5 Å². The molecule has 1 saturated heterocycles. The number of hydrogen-bond acceptors (Lipinski definition) is 15. The molecule has 2 heterocycles. The summed E-state index contributed by atoms with van der Waals surface area (Å²) in [6.07, 6.45) is -1.31. The van der Waals surface area contributed by atoms with Crippen LogP contribution in [0.1, 0.15) is 25.1 Å². The third kappa shape index (κ3) is 8.81. The monoisotopic (exact) mass is 653 g/mol. The maximum atomic E-state index is 13.1. The van der Waals surface area contributed by atoms with Crippen molar-refractivity contribution in [3.63, 3.8) is 0 Å². The van der Waals surface area contributed by atoms with E-state index in [0.717, 1.165) is 11.3 Å². The number of nitrogen functional groups attached to an aromatic ring is 1. The number of non-ortho nitro benzene ring substituents is 1. The maximum absolute atomic E-state index is 13.1. The number of nitrogens with one attached hydrogen (secondary N) is 1. The molecule has 1 aliphatic heterocycles. The number of nitrogens with two attached hydrogens (primary N) is 2. The molecule has 3 rings (SSSR count). The molecule has 43 heavy (non-hydrogen) atoms. The molecule has 228 valence electrons. The number of oxime groups is 1. The Morgan fingerprint density at radius 2 is 1.88 bits per heavy atom. The Bertz CT molecular complexity index is 1550. The molecule has 1 aliphatic rings. The first kappa shape index (κ1) is 35.3. The van der Waals surface area contributed by atoms with E-state index in [1.165, 1.54) is 43.5 Å². The number of nitro groups is 1. The minimum atomic E-state index is -5.08. The molecule has 1 aromatic carbocycles. The Morgan fingerprint density at radius 1 is 1.26 bits per heavy atom. The molecule has 19 nitrogen and oxygen atoms in total. The van der Waals surface area contributed by atoms with Crippen LogP contribution >= 0.6 is 11.3 Å². The zero-order chi connectivity index (χ0) is 31.4. The van der Waals surface area contributed by atoms with Crippen molar-refractivity contribution < 1.29 is 51.4 Å². The van der Waals surface area contributed by atoms with Gasteiger partial charge in [-0.15, -0.1) is 11.3 Å². The van der Waals surface area contributed by atoms with Gasteiger partial charge in [0.1, 0.15) is 31.0 Å². The molecule has 0 spiro atoms. The van der Waals surface area contributed by atoms with Gasteiger partial charge in [-0.05, 0) is 31.5 Å². The molecule has 0 saturated carbocycles. The van der Waals surface area contributed by atoms with Crippen LogP contribution in [-0.2, 0) is 45.6 Å². The van der Waals surface area contributed by atoms with Gasteiger partial charge in [0.2, 0.25) is 5.60 Å². The van der Waals surface area contributed by atoms with E-state index in [2.05, 4.69) is 20.2 Å². The molecule has 0 radical (unpaired) electrons. The number of nitro benzene ring substituents is 1. The van der Waals surface area contributed by atoms with E-state index in [9.17, 15) is 42.3 Å². The Labute approximate surface area is 268 Å². The predicted octanol–water partition coefficient (Wildman–Crippen LogP) is -1.18. The average molecular weight is 654 g/mol. The number of nitrogens with zero attached hydrogens (tertiary/aromatic N) is 4. The van der Waals surface area contributed by atoms with Crippen LogP contribution in [0.15, 0.2) is 34.8 Å². The van der Waals surface area contributed by atoms with E-state index in [1.807, 2.05) is 0 Å². The van der Waals surface area contributed by atoms with Crippen molar-refractivity contribution in [3.8, 4) is 0 Å². The summed E-state index contributed by atoms with van der Waals surface area (Å²) >= 11 is 0.911. The molecule has 2 aromatic rings. The molecule has 0 bridgehead atoms. The van der Waals surface area contributed by atoms with Gasteiger partial charge in [-0.1, -0.05) is 5.16 Å². The van der Waals surface area contributed by atoms with E-state index in [1.54, 1.807) is 0 Å². The quantitative estimate of drug-likeness (QED) is 0.0399. The molecule has 2 atom stereocenters. The molecule has 1 fully saturated rings. The zero-order valence-electron chi connectivity index (χ0n) is 21.7. The normalized spacial score (nSPS) is 16.8. The Morgan fingerprint density at radius 3 is 2.40 bits per heavy atom. The van der Waals surface area contributed by atoms with Gasteiger partial charge in [-0.3, -0.25) is 24.3 Å². The van der Waals surface area contributed by atoms with Crippen LogP contribution < -0.4 is 16.8 Å². The van der Waals surface area contributed by atoms with Gasteiger partial charge in [-0.25, -0.2) is 18.9 Å². The number of primary amides is 1. The van der Waals surface area contributed by atoms with Crippen molar-refractivity contribution >= 4 is 91.6 Å². The third-order valence-electron chi connectivity index (χ3n) is 5.45. The molecule has 2 unspecified atom stereocenters. The van der Waals surface area contributed by atoms with Gasteiger partial charge >= 0.3 is 51.9 Å².